The maximum absolute atomic E-state index is 5.58. The Morgan fingerprint density at radius 1 is 1.26 bits per heavy atom. The number of hydrogen-bond acceptors (Lipinski definition) is 5. The Labute approximate surface area is 121 Å². The first kappa shape index (κ1) is 14.1. The van der Waals surface area contributed by atoms with E-state index in [1.165, 1.54) is 0 Å². The molecule has 0 aromatic carbocycles. The van der Waals surface area contributed by atoms with Gasteiger partial charge in [0.2, 0.25) is 5.89 Å². The Kier molecular flexibility index (Phi) is 4.31. The molecular weight excluding hydrogens is 308 g/mol. The Morgan fingerprint density at radius 2 is 2.05 bits per heavy atom. The molecule has 1 N–H and O–H groups in total. The van der Waals surface area contributed by atoms with E-state index in [4.69, 9.17) is 4.42 Å². The van der Waals surface area contributed by atoms with Gasteiger partial charge in [-0.05, 0) is 48.8 Å². The average Bonchev–Trinajstić information content (AvgIpc) is 2.77. The molecule has 0 saturated heterocycles. The maximum Gasteiger partial charge on any atom is 0.266 e. The molecule has 2 rings (SSSR count). The van der Waals surface area contributed by atoms with Gasteiger partial charge in [0.1, 0.15) is 5.69 Å². The van der Waals surface area contributed by atoms with Gasteiger partial charge >= 0.3 is 0 Å². The topological polar surface area (TPSA) is 63.8 Å². The van der Waals surface area contributed by atoms with Crippen LogP contribution in [-0.4, -0.2) is 27.3 Å². The lowest BCUT2D eigenvalue weighted by Gasteiger charge is -2.19. The Hall–Kier alpha value is -1.27. The number of pyridine rings is 1. The molecule has 6 heteroatoms. The summed E-state index contributed by atoms with van der Waals surface area (Å²) >= 11 is 3.34. The summed E-state index contributed by atoms with van der Waals surface area (Å²) in [7, 11) is 0. The summed E-state index contributed by atoms with van der Waals surface area (Å²) < 4.78 is 6.51. The first-order valence-electron chi connectivity index (χ1n) is 6.13. The number of halogens is 1. The second-order valence-electron chi connectivity index (χ2n) is 5.29. The third-order valence-electron chi connectivity index (χ3n) is 2.41. The number of hydrogen-bond donors (Lipinski definition) is 1. The van der Waals surface area contributed by atoms with Crippen LogP contribution in [0.5, 0.6) is 0 Å². The molecule has 2 heterocycles. The molecule has 0 amide bonds. The van der Waals surface area contributed by atoms with Gasteiger partial charge in [0.15, 0.2) is 0 Å². The minimum absolute atomic E-state index is 0.0934. The molecule has 0 aliphatic rings. The van der Waals surface area contributed by atoms with Crippen molar-refractivity contribution < 1.29 is 4.42 Å². The molecule has 2 aromatic heterocycles. The van der Waals surface area contributed by atoms with E-state index < -0.39 is 0 Å². The van der Waals surface area contributed by atoms with E-state index in [1.807, 2.05) is 12.1 Å². The van der Waals surface area contributed by atoms with Crippen molar-refractivity contribution in [1.29, 1.82) is 0 Å². The fourth-order valence-corrected chi connectivity index (χ4v) is 1.74. The molecule has 2 aromatic rings. The van der Waals surface area contributed by atoms with E-state index in [0.717, 1.165) is 11.0 Å². The van der Waals surface area contributed by atoms with Crippen LogP contribution in [0.25, 0.3) is 11.6 Å². The summed E-state index contributed by atoms with van der Waals surface area (Å²) in [5.41, 5.74) is 0.779. The minimum Gasteiger partial charge on any atom is -0.419 e. The Morgan fingerprint density at radius 3 is 2.68 bits per heavy atom. The highest BCUT2D eigenvalue weighted by Crippen LogP contribution is 2.17. The third-order valence-corrected chi connectivity index (χ3v) is 2.88. The third kappa shape index (κ3) is 4.40. The van der Waals surface area contributed by atoms with Crippen LogP contribution >= 0.6 is 15.9 Å². The summed E-state index contributed by atoms with van der Waals surface area (Å²) in [4.78, 5) is 4.22. The van der Waals surface area contributed by atoms with E-state index in [2.05, 4.69) is 57.2 Å². The predicted octanol–water partition coefficient (Wildman–Crippen LogP) is 2.82. The van der Waals surface area contributed by atoms with Crippen molar-refractivity contribution in [2.24, 2.45) is 0 Å². The van der Waals surface area contributed by atoms with Gasteiger partial charge in [-0.1, -0.05) is 0 Å². The van der Waals surface area contributed by atoms with Crippen LogP contribution in [0.15, 0.2) is 27.2 Å². The van der Waals surface area contributed by atoms with Crippen LogP contribution in [-0.2, 0) is 6.42 Å². The van der Waals surface area contributed by atoms with Crippen LogP contribution in [0, 0.1) is 0 Å². The number of nitrogens with one attached hydrogen (secondary N) is 1. The maximum atomic E-state index is 5.58. The first-order chi connectivity index (χ1) is 8.94. The molecule has 102 valence electrons. The highest BCUT2D eigenvalue weighted by Gasteiger charge is 2.12. The predicted molar refractivity (Wildman–Crippen MR) is 76.7 cm³/mol. The lowest BCUT2D eigenvalue weighted by molar-refractivity contribution is 0.411. The number of nitrogens with zero attached hydrogens (tertiary/aromatic N) is 3. The highest BCUT2D eigenvalue weighted by molar-refractivity contribution is 9.10. The molecular formula is C13H17BrN4O. The zero-order chi connectivity index (χ0) is 13.9. The lowest BCUT2D eigenvalue weighted by atomic mass is 10.1. The van der Waals surface area contributed by atoms with Gasteiger partial charge in [-0.2, -0.15) is 0 Å². The number of rotatable bonds is 4. The van der Waals surface area contributed by atoms with Gasteiger partial charge in [0.25, 0.3) is 5.89 Å². The van der Waals surface area contributed by atoms with Gasteiger partial charge in [-0.3, -0.25) is 0 Å². The van der Waals surface area contributed by atoms with Crippen LogP contribution in [0.1, 0.15) is 26.7 Å². The van der Waals surface area contributed by atoms with E-state index in [-0.39, 0.29) is 5.54 Å². The number of aromatic nitrogens is 3. The van der Waals surface area contributed by atoms with Gasteiger partial charge < -0.3 is 9.73 Å². The van der Waals surface area contributed by atoms with Gasteiger partial charge in [0.05, 0.1) is 0 Å². The van der Waals surface area contributed by atoms with Crippen LogP contribution in [0.4, 0.5) is 0 Å². The highest BCUT2D eigenvalue weighted by atomic mass is 79.9. The molecule has 0 atom stereocenters. The fourth-order valence-electron chi connectivity index (χ4n) is 1.50. The first-order valence-corrected chi connectivity index (χ1v) is 6.93. The quantitative estimate of drug-likeness (QED) is 0.936. The van der Waals surface area contributed by atoms with Crippen molar-refractivity contribution in [3.8, 4) is 11.6 Å². The van der Waals surface area contributed by atoms with Crippen LogP contribution in [0.2, 0.25) is 0 Å². The van der Waals surface area contributed by atoms with Crippen molar-refractivity contribution in [3.63, 3.8) is 0 Å². The van der Waals surface area contributed by atoms with Crippen LogP contribution < -0.4 is 5.32 Å². The summed E-state index contributed by atoms with van der Waals surface area (Å²) in [5.74, 6) is 1.08. The molecule has 0 saturated carbocycles. The Balaban J connectivity index is 1.97. The molecule has 0 aliphatic carbocycles. The zero-order valence-corrected chi connectivity index (χ0v) is 12.9. The SMILES string of the molecule is CC(C)(C)NCCc1nnc(-c2ccc(Br)cn2)o1. The van der Waals surface area contributed by atoms with Gasteiger partial charge in [0, 0.05) is 29.2 Å². The summed E-state index contributed by atoms with van der Waals surface area (Å²) in [6.45, 7) is 7.17. The van der Waals surface area contributed by atoms with Gasteiger partial charge in [-0.15, -0.1) is 10.2 Å². The smallest absolute Gasteiger partial charge is 0.266 e. The normalized spacial score (nSPS) is 11.8. The summed E-state index contributed by atoms with van der Waals surface area (Å²) in [5, 5.41) is 11.4. The van der Waals surface area contributed by atoms with Crippen molar-refractivity contribution in [1.82, 2.24) is 20.5 Å². The molecule has 19 heavy (non-hydrogen) atoms. The monoisotopic (exact) mass is 324 g/mol. The average molecular weight is 325 g/mol. The van der Waals surface area contributed by atoms with E-state index in [0.29, 0.717) is 23.9 Å². The van der Waals surface area contributed by atoms with Gasteiger partial charge in [-0.25, -0.2) is 4.98 Å². The zero-order valence-electron chi connectivity index (χ0n) is 11.3. The van der Waals surface area contributed by atoms with E-state index >= 15 is 0 Å². The lowest BCUT2D eigenvalue weighted by Crippen LogP contribution is -2.37. The van der Waals surface area contributed by atoms with Crippen molar-refractivity contribution in [3.05, 3.63) is 28.7 Å². The second kappa shape index (κ2) is 5.79. The fraction of sp³-hybridized carbons (Fsp3) is 0.462. The molecule has 0 unspecified atom stereocenters. The summed E-state index contributed by atoms with van der Waals surface area (Å²) in [6.07, 6.45) is 2.42. The molecule has 5 nitrogen and oxygen atoms in total. The van der Waals surface area contributed by atoms with Crippen LogP contribution in [0.3, 0.4) is 0 Å². The minimum atomic E-state index is 0.0934. The van der Waals surface area contributed by atoms with E-state index in [1.54, 1.807) is 6.20 Å². The second-order valence-corrected chi connectivity index (χ2v) is 6.21. The van der Waals surface area contributed by atoms with E-state index in [9.17, 15) is 0 Å². The van der Waals surface area contributed by atoms with Crippen molar-refractivity contribution in [2.45, 2.75) is 32.7 Å². The Bertz CT molecular complexity index is 530. The standard InChI is InChI=1S/C13H17BrN4O/c1-13(2,3)16-7-6-11-17-18-12(19-11)10-5-4-9(14)8-15-10/h4-5,8,16H,6-7H2,1-3H3. The molecule has 0 spiro atoms. The van der Waals surface area contributed by atoms with Crippen molar-refractivity contribution >= 4 is 15.9 Å². The molecule has 0 bridgehead atoms. The summed E-state index contributed by atoms with van der Waals surface area (Å²) in [6, 6.07) is 3.74. The molecule has 0 aliphatic heterocycles. The molecule has 0 fully saturated rings. The van der Waals surface area contributed by atoms with Crippen molar-refractivity contribution in [2.75, 3.05) is 6.54 Å². The largest absolute Gasteiger partial charge is 0.419 e. The molecule has 0 radical (unpaired) electrons.